The second-order valence-electron chi connectivity index (χ2n) is 4.21. The average Bonchev–Trinajstić information content (AvgIpc) is 2.43. The highest BCUT2D eigenvalue weighted by Gasteiger charge is 2.20. The summed E-state index contributed by atoms with van der Waals surface area (Å²) in [6.07, 6.45) is 0.200. The van der Waals surface area contributed by atoms with Crippen LogP contribution in [0.2, 0.25) is 0 Å². The van der Waals surface area contributed by atoms with Crippen molar-refractivity contribution in [3.63, 3.8) is 0 Å². The molecule has 0 aliphatic rings. The Morgan fingerprint density at radius 2 is 1.76 bits per heavy atom. The summed E-state index contributed by atoms with van der Waals surface area (Å²) in [5, 5.41) is 8.54. The largest absolute Gasteiger partial charge is 0.280 e. The van der Waals surface area contributed by atoms with Crippen LogP contribution in [0.15, 0.2) is 47.4 Å². The zero-order chi connectivity index (χ0) is 15.5. The van der Waals surface area contributed by atoms with Crippen LogP contribution in [0.25, 0.3) is 0 Å². The number of rotatable bonds is 4. The van der Waals surface area contributed by atoms with Gasteiger partial charge in [0.1, 0.15) is 16.5 Å². The Labute approximate surface area is 120 Å². The molecule has 0 aromatic heterocycles. The minimum absolute atomic E-state index is 0.195. The van der Waals surface area contributed by atoms with Crippen molar-refractivity contribution in [2.24, 2.45) is 0 Å². The van der Waals surface area contributed by atoms with Gasteiger partial charge in [-0.25, -0.2) is 17.2 Å². The molecule has 2 aromatic rings. The lowest BCUT2D eigenvalue weighted by atomic mass is 10.1. The van der Waals surface area contributed by atoms with Gasteiger partial charge in [0, 0.05) is 5.69 Å². The molecule has 0 heterocycles. The van der Waals surface area contributed by atoms with Gasteiger partial charge >= 0.3 is 0 Å². The number of anilines is 1. The molecule has 0 radical (unpaired) electrons. The summed E-state index contributed by atoms with van der Waals surface area (Å²) in [4.78, 5) is -0.761. The molecule has 0 saturated heterocycles. The Morgan fingerprint density at radius 1 is 1.10 bits per heavy atom. The van der Waals surface area contributed by atoms with Gasteiger partial charge in [0.15, 0.2) is 0 Å². The summed E-state index contributed by atoms with van der Waals surface area (Å²) in [6.45, 7) is 0. The van der Waals surface area contributed by atoms with Crippen molar-refractivity contribution >= 4 is 15.7 Å². The standard InChI is InChI=1S/C14H10F2N2O2S/c15-11-3-6-13(16)14(9-11)21(19,20)18-12-4-1-10(2-5-12)7-8-17/h1-6,9,18H,7H2. The van der Waals surface area contributed by atoms with Gasteiger partial charge in [0.25, 0.3) is 10.0 Å². The van der Waals surface area contributed by atoms with Crippen LogP contribution in [0.1, 0.15) is 5.56 Å². The van der Waals surface area contributed by atoms with Crippen LogP contribution >= 0.6 is 0 Å². The molecule has 0 aliphatic heterocycles. The summed E-state index contributed by atoms with van der Waals surface area (Å²) in [6, 6.07) is 10.2. The maximum Gasteiger partial charge on any atom is 0.264 e. The number of sulfonamides is 1. The summed E-state index contributed by atoms with van der Waals surface area (Å²) in [7, 11) is -4.22. The molecule has 4 nitrogen and oxygen atoms in total. The first-order chi connectivity index (χ1) is 9.92. The minimum atomic E-state index is -4.22. The van der Waals surface area contributed by atoms with Gasteiger partial charge in [0.05, 0.1) is 12.5 Å². The first kappa shape index (κ1) is 14.9. The van der Waals surface area contributed by atoms with E-state index in [2.05, 4.69) is 4.72 Å². The fourth-order valence-corrected chi connectivity index (χ4v) is 2.82. The number of halogens is 2. The van der Waals surface area contributed by atoms with Crippen LogP contribution in [0.3, 0.4) is 0 Å². The first-order valence-electron chi connectivity index (χ1n) is 5.86. The lowest BCUT2D eigenvalue weighted by Gasteiger charge is -2.09. The third-order valence-corrected chi connectivity index (χ3v) is 4.07. The van der Waals surface area contributed by atoms with Crippen molar-refractivity contribution in [3.05, 3.63) is 59.7 Å². The normalized spacial score (nSPS) is 10.9. The van der Waals surface area contributed by atoms with Gasteiger partial charge in [-0.3, -0.25) is 4.72 Å². The van der Waals surface area contributed by atoms with Crippen LogP contribution in [-0.4, -0.2) is 8.42 Å². The van der Waals surface area contributed by atoms with Crippen molar-refractivity contribution in [2.75, 3.05) is 4.72 Å². The van der Waals surface area contributed by atoms with E-state index < -0.39 is 26.6 Å². The molecule has 0 atom stereocenters. The molecular formula is C14H10F2N2O2S. The first-order valence-corrected chi connectivity index (χ1v) is 7.34. The number of hydrogen-bond acceptors (Lipinski definition) is 3. The highest BCUT2D eigenvalue weighted by Crippen LogP contribution is 2.20. The third kappa shape index (κ3) is 3.55. The molecule has 2 aromatic carbocycles. The quantitative estimate of drug-likeness (QED) is 0.944. The van der Waals surface area contributed by atoms with E-state index >= 15 is 0 Å². The van der Waals surface area contributed by atoms with E-state index in [9.17, 15) is 17.2 Å². The second-order valence-corrected chi connectivity index (χ2v) is 5.86. The molecule has 0 saturated carbocycles. The topological polar surface area (TPSA) is 70.0 Å². The van der Waals surface area contributed by atoms with Gasteiger partial charge in [-0.05, 0) is 35.9 Å². The zero-order valence-electron chi connectivity index (χ0n) is 10.7. The van der Waals surface area contributed by atoms with E-state index in [1.54, 1.807) is 12.1 Å². The highest BCUT2D eigenvalue weighted by molar-refractivity contribution is 7.92. The molecule has 0 aliphatic carbocycles. The van der Waals surface area contributed by atoms with Crippen molar-refractivity contribution in [3.8, 4) is 6.07 Å². The molecule has 7 heteroatoms. The molecular weight excluding hydrogens is 298 g/mol. The fourth-order valence-electron chi connectivity index (χ4n) is 1.68. The number of hydrogen-bond donors (Lipinski definition) is 1. The molecule has 108 valence electrons. The SMILES string of the molecule is N#CCc1ccc(NS(=O)(=O)c2cc(F)ccc2F)cc1. The maximum atomic E-state index is 13.5. The Morgan fingerprint density at radius 3 is 2.38 bits per heavy atom. The zero-order valence-corrected chi connectivity index (χ0v) is 11.5. The van der Waals surface area contributed by atoms with Crippen molar-refractivity contribution in [2.45, 2.75) is 11.3 Å². The molecule has 2 rings (SSSR count). The van der Waals surface area contributed by atoms with E-state index in [4.69, 9.17) is 5.26 Å². The maximum absolute atomic E-state index is 13.5. The van der Waals surface area contributed by atoms with Crippen molar-refractivity contribution in [1.82, 2.24) is 0 Å². The number of nitrogens with zero attached hydrogens (tertiary/aromatic N) is 1. The molecule has 0 spiro atoms. The van der Waals surface area contributed by atoms with Gasteiger partial charge < -0.3 is 0 Å². The number of benzene rings is 2. The molecule has 0 fully saturated rings. The van der Waals surface area contributed by atoms with Crippen LogP contribution in [0.5, 0.6) is 0 Å². The van der Waals surface area contributed by atoms with Gasteiger partial charge in [-0.15, -0.1) is 0 Å². The van der Waals surface area contributed by atoms with Crippen molar-refractivity contribution in [1.29, 1.82) is 5.26 Å². The van der Waals surface area contributed by atoms with Crippen LogP contribution in [0, 0.1) is 23.0 Å². The molecule has 0 bridgehead atoms. The summed E-state index contributed by atoms with van der Waals surface area (Å²) in [5.41, 5.74) is 0.915. The van der Waals surface area contributed by atoms with E-state index in [0.29, 0.717) is 6.07 Å². The van der Waals surface area contributed by atoms with Gasteiger partial charge in [0.2, 0.25) is 0 Å². The minimum Gasteiger partial charge on any atom is -0.280 e. The monoisotopic (exact) mass is 308 g/mol. The average molecular weight is 308 g/mol. The number of nitrogens with one attached hydrogen (secondary N) is 1. The predicted octanol–water partition coefficient (Wildman–Crippen LogP) is 2.83. The highest BCUT2D eigenvalue weighted by atomic mass is 32.2. The van der Waals surface area contributed by atoms with E-state index in [0.717, 1.165) is 17.7 Å². The Balaban J connectivity index is 2.29. The smallest absolute Gasteiger partial charge is 0.264 e. The predicted molar refractivity (Wildman–Crippen MR) is 72.9 cm³/mol. The Kier molecular flexibility index (Phi) is 4.19. The van der Waals surface area contributed by atoms with E-state index in [1.807, 2.05) is 6.07 Å². The molecule has 1 N–H and O–H groups in total. The van der Waals surface area contributed by atoms with Gasteiger partial charge in [-0.1, -0.05) is 12.1 Å². The molecule has 0 unspecified atom stereocenters. The Hall–Kier alpha value is -2.46. The van der Waals surface area contributed by atoms with Gasteiger partial charge in [-0.2, -0.15) is 5.26 Å². The molecule has 21 heavy (non-hydrogen) atoms. The lowest BCUT2D eigenvalue weighted by Crippen LogP contribution is -2.14. The molecule has 0 amide bonds. The second kappa shape index (κ2) is 5.89. The van der Waals surface area contributed by atoms with E-state index in [-0.39, 0.29) is 12.1 Å². The summed E-state index contributed by atoms with van der Waals surface area (Å²) >= 11 is 0. The van der Waals surface area contributed by atoms with Crippen molar-refractivity contribution < 1.29 is 17.2 Å². The van der Waals surface area contributed by atoms with E-state index in [1.165, 1.54) is 12.1 Å². The summed E-state index contributed by atoms with van der Waals surface area (Å²) < 4.78 is 52.8. The number of nitriles is 1. The lowest BCUT2D eigenvalue weighted by molar-refractivity contribution is 0.555. The Bertz CT molecular complexity index is 797. The third-order valence-electron chi connectivity index (χ3n) is 2.67. The summed E-state index contributed by atoms with van der Waals surface area (Å²) in [5.74, 6) is -1.88. The van der Waals surface area contributed by atoms with Crippen LogP contribution in [-0.2, 0) is 16.4 Å². The van der Waals surface area contributed by atoms with Crippen LogP contribution in [0.4, 0.5) is 14.5 Å². The fraction of sp³-hybridized carbons (Fsp3) is 0.0714. The van der Waals surface area contributed by atoms with Crippen LogP contribution < -0.4 is 4.72 Å².